The molecule has 3 nitrogen and oxygen atoms in total. The zero-order valence-corrected chi connectivity index (χ0v) is 5.30. The monoisotopic (exact) mass is 104 g/mol. The van der Waals surface area contributed by atoms with Crippen LogP contribution in [0.25, 0.3) is 0 Å². The quantitative estimate of drug-likeness (QED) is 0.421. The van der Waals surface area contributed by atoms with Gasteiger partial charge in [0.1, 0.15) is 0 Å². The summed E-state index contributed by atoms with van der Waals surface area (Å²) in [6.45, 7) is 0. The second-order valence-corrected chi connectivity index (χ2v) is 1.52. The topological polar surface area (TPSA) is 32.7 Å². The van der Waals surface area contributed by atoms with Gasteiger partial charge in [-0.1, -0.05) is 5.18 Å². The molecule has 0 amide bonds. The molecule has 0 radical (unpaired) electrons. The highest BCUT2D eigenvalue weighted by molar-refractivity contribution is 4.09. The van der Waals surface area contributed by atoms with Gasteiger partial charge >= 0.3 is 0 Å². The summed E-state index contributed by atoms with van der Waals surface area (Å²) in [7, 11) is 7.19. The Bertz CT molecular complexity index is 33.9. The number of rotatable bonds is 0. The molecule has 0 aromatic heterocycles. The Balaban J connectivity index is 0. The van der Waals surface area contributed by atoms with Crippen LogP contribution >= 0.6 is 0 Å². The van der Waals surface area contributed by atoms with E-state index >= 15 is 0 Å². The van der Waals surface area contributed by atoms with Gasteiger partial charge in [0.2, 0.25) is 0 Å². The van der Waals surface area contributed by atoms with Gasteiger partial charge in [-0.05, 0) is 21.1 Å². The molecule has 0 bridgehead atoms. The van der Waals surface area contributed by atoms with Gasteiger partial charge < -0.3 is 4.90 Å². The van der Waals surface area contributed by atoms with E-state index in [0.29, 0.717) is 0 Å². The Morgan fingerprint density at radius 1 is 1.29 bits per heavy atom. The fourth-order valence-corrected chi connectivity index (χ4v) is 0. The Labute approximate surface area is 44.3 Å². The minimum Gasteiger partial charge on any atom is -0.312 e. The van der Waals surface area contributed by atoms with Gasteiger partial charge in [-0.3, -0.25) is 0 Å². The van der Waals surface area contributed by atoms with Crippen LogP contribution in [0.4, 0.5) is 0 Å². The largest absolute Gasteiger partial charge is 0.312 e. The third-order valence-corrected chi connectivity index (χ3v) is 0. The van der Waals surface area contributed by atoms with Crippen LogP contribution in [0.15, 0.2) is 5.18 Å². The number of nitrogens with zero attached hydrogens (tertiary/aromatic N) is 2. The summed E-state index contributed by atoms with van der Waals surface area (Å²) in [6.07, 6.45) is 0. The fraction of sp³-hybridized carbons (Fsp3) is 1.00. The highest BCUT2D eigenvalue weighted by Gasteiger charge is 1.58. The first-order valence-electron chi connectivity index (χ1n) is 1.97. The van der Waals surface area contributed by atoms with Gasteiger partial charge in [0.05, 0.1) is 7.05 Å². The van der Waals surface area contributed by atoms with E-state index in [1.165, 1.54) is 7.05 Å². The molecule has 0 aliphatic heterocycles. The van der Waals surface area contributed by atoms with Gasteiger partial charge in [-0.15, -0.1) is 0 Å². The summed E-state index contributed by atoms with van der Waals surface area (Å²) >= 11 is 0. The van der Waals surface area contributed by atoms with Gasteiger partial charge in [-0.25, -0.2) is 0 Å². The maximum atomic E-state index is 8.56. The zero-order chi connectivity index (χ0) is 6.28. The molecule has 0 unspecified atom stereocenters. The number of nitroso groups, excluding NO2 is 1. The maximum absolute atomic E-state index is 8.56. The summed E-state index contributed by atoms with van der Waals surface area (Å²) in [5, 5.41) is 2.25. The van der Waals surface area contributed by atoms with Crippen LogP contribution in [0.2, 0.25) is 0 Å². The lowest BCUT2D eigenvalue weighted by atomic mass is 11.0. The first-order valence-corrected chi connectivity index (χ1v) is 1.97. The molecule has 7 heavy (non-hydrogen) atoms. The Morgan fingerprint density at radius 3 is 1.29 bits per heavy atom. The first-order chi connectivity index (χ1) is 3.15. The van der Waals surface area contributed by atoms with Crippen molar-refractivity contribution in [3.05, 3.63) is 4.91 Å². The second kappa shape index (κ2) is 9.12. The Hall–Kier alpha value is -0.440. The van der Waals surface area contributed by atoms with Gasteiger partial charge in [0, 0.05) is 0 Å². The van der Waals surface area contributed by atoms with Crippen molar-refractivity contribution in [3.63, 3.8) is 0 Å². The molecular formula is C4H12N2O. The molecule has 0 heterocycles. The minimum atomic E-state index is 1.19. The minimum absolute atomic E-state index is 1.19. The maximum Gasteiger partial charge on any atom is 0.0700 e. The van der Waals surface area contributed by atoms with E-state index in [2.05, 4.69) is 5.18 Å². The predicted molar refractivity (Wildman–Crippen MR) is 31.3 cm³/mol. The predicted octanol–water partition coefficient (Wildman–Crippen LogP) is 0.560. The van der Waals surface area contributed by atoms with Crippen LogP contribution in [0.1, 0.15) is 0 Å². The van der Waals surface area contributed by atoms with E-state index in [4.69, 9.17) is 4.91 Å². The van der Waals surface area contributed by atoms with E-state index in [1.54, 1.807) is 0 Å². The molecule has 0 atom stereocenters. The van der Waals surface area contributed by atoms with Crippen molar-refractivity contribution in [2.24, 2.45) is 5.18 Å². The van der Waals surface area contributed by atoms with Gasteiger partial charge in [0.25, 0.3) is 0 Å². The van der Waals surface area contributed by atoms with Crippen molar-refractivity contribution in [2.45, 2.75) is 0 Å². The van der Waals surface area contributed by atoms with Crippen molar-refractivity contribution in [1.29, 1.82) is 0 Å². The molecule has 0 saturated heterocycles. The highest BCUT2D eigenvalue weighted by atomic mass is 16.2. The average Bonchev–Trinajstić information content (AvgIpc) is 1.33. The van der Waals surface area contributed by atoms with Crippen LogP contribution in [-0.4, -0.2) is 33.1 Å². The van der Waals surface area contributed by atoms with Crippen molar-refractivity contribution >= 4 is 0 Å². The summed E-state index contributed by atoms with van der Waals surface area (Å²) in [6, 6.07) is 0. The van der Waals surface area contributed by atoms with E-state index < -0.39 is 0 Å². The lowest BCUT2D eigenvalue weighted by molar-refractivity contribution is 0.505. The SMILES string of the molecule is CN(C)C.CN=O. The van der Waals surface area contributed by atoms with E-state index in [0.717, 1.165) is 0 Å². The van der Waals surface area contributed by atoms with Crippen molar-refractivity contribution in [1.82, 2.24) is 4.90 Å². The smallest absolute Gasteiger partial charge is 0.0700 e. The summed E-state index contributed by atoms with van der Waals surface area (Å²) in [5.41, 5.74) is 0. The molecule has 0 spiro atoms. The van der Waals surface area contributed by atoms with Crippen molar-refractivity contribution in [3.8, 4) is 0 Å². The number of hydrogen-bond donors (Lipinski definition) is 0. The van der Waals surface area contributed by atoms with Crippen molar-refractivity contribution in [2.75, 3.05) is 28.2 Å². The molecule has 0 saturated carbocycles. The molecule has 0 fully saturated rings. The standard InChI is InChI=1S/C3H9N.CH3NO/c1-4(2)3;1-2-3/h1-3H3;1H3. The van der Waals surface area contributed by atoms with Gasteiger partial charge in [0.15, 0.2) is 0 Å². The molecule has 0 aliphatic carbocycles. The van der Waals surface area contributed by atoms with E-state index in [9.17, 15) is 0 Å². The molecular weight excluding hydrogens is 92.1 g/mol. The molecule has 44 valence electrons. The van der Waals surface area contributed by atoms with E-state index in [-0.39, 0.29) is 0 Å². The number of hydrogen-bond acceptors (Lipinski definition) is 3. The molecule has 0 N–H and O–H groups in total. The van der Waals surface area contributed by atoms with Crippen LogP contribution < -0.4 is 0 Å². The zero-order valence-electron chi connectivity index (χ0n) is 5.30. The van der Waals surface area contributed by atoms with Crippen LogP contribution in [0.3, 0.4) is 0 Å². The van der Waals surface area contributed by atoms with Crippen molar-refractivity contribution < 1.29 is 0 Å². The first kappa shape index (κ1) is 9.75. The van der Waals surface area contributed by atoms with Crippen LogP contribution in [-0.2, 0) is 0 Å². The lowest BCUT2D eigenvalue weighted by Crippen LogP contribution is -1.99. The molecule has 0 aliphatic rings. The molecule has 0 aromatic rings. The fourth-order valence-electron chi connectivity index (χ4n) is 0. The lowest BCUT2D eigenvalue weighted by Gasteiger charge is -1.90. The summed E-state index contributed by atoms with van der Waals surface area (Å²) in [4.78, 5) is 10.6. The summed E-state index contributed by atoms with van der Waals surface area (Å²) in [5.74, 6) is 0. The van der Waals surface area contributed by atoms with Crippen LogP contribution in [0.5, 0.6) is 0 Å². The average molecular weight is 104 g/mol. The third kappa shape index (κ3) is 364. The molecule has 3 heteroatoms. The molecule has 0 aromatic carbocycles. The van der Waals surface area contributed by atoms with E-state index in [1.807, 2.05) is 26.0 Å². The Kier molecular flexibility index (Phi) is 12.7. The van der Waals surface area contributed by atoms with Crippen LogP contribution in [0, 0.1) is 4.91 Å². The normalized spacial score (nSPS) is 7.00. The summed E-state index contributed by atoms with van der Waals surface area (Å²) < 4.78 is 0. The molecule has 0 rings (SSSR count). The Morgan fingerprint density at radius 2 is 1.29 bits per heavy atom. The highest BCUT2D eigenvalue weighted by Crippen LogP contribution is 1.47. The second-order valence-electron chi connectivity index (χ2n) is 1.52. The third-order valence-electron chi connectivity index (χ3n) is 0. The van der Waals surface area contributed by atoms with Gasteiger partial charge in [-0.2, -0.15) is 4.91 Å².